The van der Waals surface area contributed by atoms with Gasteiger partial charge < -0.3 is 4.42 Å². The summed E-state index contributed by atoms with van der Waals surface area (Å²) in [6, 6.07) is 50.6. The van der Waals surface area contributed by atoms with E-state index in [9.17, 15) is 5.26 Å². The average Bonchev–Trinajstić information content (AvgIpc) is 3.50. The Balaban J connectivity index is 1.24. The van der Waals surface area contributed by atoms with Crippen molar-refractivity contribution in [2.75, 3.05) is 0 Å². The van der Waals surface area contributed by atoms with Crippen LogP contribution in [0.3, 0.4) is 0 Å². The number of rotatable bonds is 5. The van der Waals surface area contributed by atoms with Crippen LogP contribution in [0.15, 0.2) is 150 Å². The van der Waals surface area contributed by atoms with Gasteiger partial charge in [-0.25, -0.2) is 15.0 Å². The maximum absolute atomic E-state index is 9.24. The van der Waals surface area contributed by atoms with Crippen molar-refractivity contribution in [3.63, 3.8) is 0 Å². The summed E-state index contributed by atoms with van der Waals surface area (Å²) in [5.74, 6) is 1.78. The fourth-order valence-corrected chi connectivity index (χ4v) is 5.72. The number of hydrogen-bond acceptors (Lipinski definition) is 5. The normalized spacial score (nSPS) is 11.1. The van der Waals surface area contributed by atoms with Crippen LogP contribution in [-0.2, 0) is 0 Å². The van der Waals surface area contributed by atoms with Crippen LogP contribution in [-0.4, -0.2) is 15.0 Å². The number of nitrogens with zero attached hydrogens (tertiary/aromatic N) is 4. The second-order valence-electron chi connectivity index (χ2n) is 10.8. The summed E-state index contributed by atoms with van der Waals surface area (Å²) in [7, 11) is 0. The van der Waals surface area contributed by atoms with Gasteiger partial charge in [0.25, 0.3) is 0 Å². The molecular weight excluding hydrogens is 552 g/mol. The molecule has 8 rings (SSSR count). The minimum absolute atomic E-state index is 0.570. The number of nitriles is 1. The molecular formula is C40H24N4O. The summed E-state index contributed by atoms with van der Waals surface area (Å²) in [6.07, 6.45) is 0. The van der Waals surface area contributed by atoms with Gasteiger partial charge in [0.15, 0.2) is 17.5 Å². The Hall–Kier alpha value is -6.38. The zero-order chi connectivity index (χ0) is 30.2. The lowest BCUT2D eigenvalue weighted by atomic mass is 9.98. The smallest absolute Gasteiger partial charge is 0.164 e. The van der Waals surface area contributed by atoms with E-state index >= 15 is 0 Å². The van der Waals surface area contributed by atoms with Crippen LogP contribution in [0, 0.1) is 11.3 Å². The van der Waals surface area contributed by atoms with Crippen molar-refractivity contribution >= 4 is 21.9 Å². The first-order chi connectivity index (χ1) is 22.2. The van der Waals surface area contributed by atoms with Gasteiger partial charge in [0.05, 0.1) is 11.6 Å². The highest BCUT2D eigenvalue weighted by Crippen LogP contribution is 2.38. The molecule has 0 N–H and O–H groups in total. The van der Waals surface area contributed by atoms with E-state index in [4.69, 9.17) is 19.4 Å². The standard InChI is InChI=1S/C40H24N4O/c41-25-26-14-16-29(17-15-26)33-12-7-13-35-37(33)34-23-22-32(24-36(34)45-35)40-43-38(30-10-5-2-6-11-30)42-39(44-40)31-20-18-28(19-21-31)27-8-3-1-4-9-27/h1-24H. The third-order valence-electron chi connectivity index (χ3n) is 8.00. The molecule has 2 aromatic heterocycles. The summed E-state index contributed by atoms with van der Waals surface area (Å²) in [4.78, 5) is 14.8. The maximum Gasteiger partial charge on any atom is 0.164 e. The Labute approximate surface area is 259 Å². The first-order valence-corrected chi connectivity index (χ1v) is 14.7. The van der Waals surface area contributed by atoms with E-state index in [1.165, 1.54) is 0 Å². The molecule has 0 saturated heterocycles. The largest absolute Gasteiger partial charge is 0.456 e. The highest BCUT2D eigenvalue weighted by Gasteiger charge is 2.16. The van der Waals surface area contributed by atoms with Gasteiger partial charge in [-0.05, 0) is 52.6 Å². The van der Waals surface area contributed by atoms with Gasteiger partial charge >= 0.3 is 0 Å². The second kappa shape index (κ2) is 11.0. The Morgan fingerprint density at radius 3 is 1.64 bits per heavy atom. The van der Waals surface area contributed by atoms with Crippen LogP contribution in [0.1, 0.15) is 5.56 Å². The van der Waals surface area contributed by atoms with Gasteiger partial charge in [-0.1, -0.05) is 115 Å². The molecule has 0 aliphatic rings. The summed E-state index contributed by atoms with van der Waals surface area (Å²) in [5, 5.41) is 11.3. The van der Waals surface area contributed by atoms with Gasteiger partial charge in [0, 0.05) is 27.5 Å². The SMILES string of the molecule is N#Cc1ccc(-c2cccc3oc4cc(-c5nc(-c6ccccc6)nc(-c6ccc(-c7ccccc7)cc6)n5)ccc4c23)cc1. The zero-order valence-electron chi connectivity index (χ0n) is 24.1. The quantitative estimate of drug-likeness (QED) is 0.204. The van der Waals surface area contributed by atoms with Gasteiger partial charge in [-0.2, -0.15) is 5.26 Å². The van der Waals surface area contributed by atoms with Crippen LogP contribution in [0.2, 0.25) is 0 Å². The van der Waals surface area contributed by atoms with Crippen LogP contribution >= 0.6 is 0 Å². The Kier molecular flexibility index (Phi) is 6.44. The van der Waals surface area contributed by atoms with Crippen molar-refractivity contribution in [1.82, 2.24) is 15.0 Å². The zero-order valence-corrected chi connectivity index (χ0v) is 24.1. The van der Waals surface area contributed by atoms with E-state index in [1.807, 2.05) is 97.1 Å². The van der Waals surface area contributed by atoms with Crippen LogP contribution in [0.4, 0.5) is 0 Å². The summed E-state index contributed by atoms with van der Waals surface area (Å²) in [6.45, 7) is 0. The van der Waals surface area contributed by atoms with Crippen molar-refractivity contribution < 1.29 is 4.42 Å². The first kappa shape index (κ1) is 26.3. The van der Waals surface area contributed by atoms with Crippen LogP contribution in [0.25, 0.3) is 78.4 Å². The molecule has 5 heteroatoms. The second-order valence-corrected chi connectivity index (χ2v) is 10.8. The van der Waals surface area contributed by atoms with E-state index in [1.54, 1.807) is 0 Å². The fraction of sp³-hybridized carbons (Fsp3) is 0. The highest BCUT2D eigenvalue weighted by atomic mass is 16.3. The molecule has 5 nitrogen and oxygen atoms in total. The molecule has 0 radical (unpaired) electrons. The van der Waals surface area contributed by atoms with Crippen LogP contribution < -0.4 is 0 Å². The molecule has 0 amide bonds. The molecule has 8 aromatic rings. The molecule has 0 spiro atoms. The van der Waals surface area contributed by atoms with E-state index in [0.29, 0.717) is 23.0 Å². The Morgan fingerprint density at radius 2 is 0.978 bits per heavy atom. The number of fused-ring (bicyclic) bond motifs is 3. The number of aromatic nitrogens is 3. The molecule has 6 aromatic carbocycles. The first-order valence-electron chi connectivity index (χ1n) is 14.7. The van der Waals surface area contributed by atoms with Crippen molar-refractivity contribution in [3.8, 4) is 62.5 Å². The Morgan fingerprint density at radius 1 is 0.444 bits per heavy atom. The molecule has 0 atom stereocenters. The lowest BCUT2D eigenvalue weighted by Crippen LogP contribution is -2.00. The molecule has 0 fully saturated rings. The molecule has 0 unspecified atom stereocenters. The van der Waals surface area contributed by atoms with E-state index in [0.717, 1.165) is 60.9 Å². The van der Waals surface area contributed by atoms with Gasteiger partial charge in [0.2, 0.25) is 0 Å². The van der Waals surface area contributed by atoms with Gasteiger partial charge in [-0.3, -0.25) is 0 Å². The van der Waals surface area contributed by atoms with Crippen molar-refractivity contribution in [1.29, 1.82) is 5.26 Å². The van der Waals surface area contributed by atoms with E-state index < -0.39 is 0 Å². The van der Waals surface area contributed by atoms with E-state index in [-0.39, 0.29) is 0 Å². The molecule has 0 aliphatic carbocycles. The topological polar surface area (TPSA) is 75.6 Å². The van der Waals surface area contributed by atoms with Crippen molar-refractivity contribution in [2.24, 2.45) is 0 Å². The van der Waals surface area contributed by atoms with E-state index in [2.05, 4.69) is 54.6 Å². The summed E-state index contributed by atoms with van der Waals surface area (Å²) < 4.78 is 6.38. The number of hydrogen-bond donors (Lipinski definition) is 0. The van der Waals surface area contributed by atoms with Gasteiger partial charge in [0.1, 0.15) is 11.2 Å². The molecule has 210 valence electrons. The predicted octanol–water partition coefficient (Wildman–Crippen LogP) is 9.98. The average molecular weight is 577 g/mol. The maximum atomic E-state index is 9.24. The minimum Gasteiger partial charge on any atom is -0.456 e. The third-order valence-corrected chi connectivity index (χ3v) is 8.00. The molecule has 2 heterocycles. The van der Waals surface area contributed by atoms with Crippen LogP contribution in [0.5, 0.6) is 0 Å². The molecule has 45 heavy (non-hydrogen) atoms. The number of benzene rings is 6. The Bertz CT molecular complexity index is 2350. The predicted molar refractivity (Wildman–Crippen MR) is 179 cm³/mol. The monoisotopic (exact) mass is 576 g/mol. The van der Waals surface area contributed by atoms with Crippen molar-refractivity contribution in [2.45, 2.75) is 0 Å². The number of furan rings is 1. The summed E-state index contributed by atoms with van der Waals surface area (Å²) >= 11 is 0. The highest BCUT2D eigenvalue weighted by molar-refractivity contribution is 6.13. The molecule has 0 aliphatic heterocycles. The molecule has 0 bridgehead atoms. The lowest BCUT2D eigenvalue weighted by Gasteiger charge is -2.09. The van der Waals surface area contributed by atoms with Gasteiger partial charge in [-0.15, -0.1) is 0 Å². The third kappa shape index (κ3) is 4.91. The molecule has 0 saturated carbocycles. The van der Waals surface area contributed by atoms with Crippen molar-refractivity contribution in [3.05, 3.63) is 151 Å². The summed E-state index contributed by atoms with van der Waals surface area (Å²) in [5.41, 5.74) is 9.21. The fourth-order valence-electron chi connectivity index (χ4n) is 5.72. The lowest BCUT2D eigenvalue weighted by molar-refractivity contribution is 0.669. The minimum atomic E-state index is 0.570.